The molecule has 0 bridgehead atoms. The van der Waals surface area contributed by atoms with Crippen molar-refractivity contribution in [3.05, 3.63) is 29.8 Å². The van der Waals surface area contributed by atoms with Crippen LogP contribution in [0.1, 0.15) is 51.0 Å². The van der Waals surface area contributed by atoms with Crippen LogP contribution >= 0.6 is 0 Å². The van der Waals surface area contributed by atoms with Crippen LogP contribution in [0.5, 0.6) is 5.75 Å². The van der Waals surface area contributed by atoms with Gasteiger partial charge in [-0.1, -0.05) is 44.7 Å². The summed E-state index contributed by atoms with van der Waals surface area (Å²) in [4.78, 5) is 0. The molecule has 1 aromatic rings. The first kappa shape index (κ1) is 14.4. The zero-order chi connectivity index (χ0) is 13.3. The summed E-state index contributed by atoms with van der Waals surface area (Å²) in [5, 5.41) is 3.63. The van der Waals surface area contributed by atoms with Gasteiger partial charge in [0.1, 0.15) is 12.4 Å². The molecule has 0 saturated heterocycles. The SMILES string of the molecule is CCc1ccc(OCCNC2CCCCCC2)cc1. The maximum Gasteiger partial charge on any atom is 0.119 e. The highest BCUT2D eigenvalue weighted by Gasteiger charge is 2.10. The van der Waals surface area contributed by atoms with E-state index >= 15 is 0 Å². The monoisotopic (exact) mass is 261 g/mol. The molecule has 2 rings (SSSR count). The largest absolute Gasteiger partial charge is 0.492 e. The van der Waals surface area contributed by atoms with Gasteiger partial charge >= 0.3 is 0 Å². The first-order chi connectivity index (χ1) is 9.38. The average Bonchev–Trinajstić information content (AvgIpc) is 2.73. The highest BCUT2D eigenvalue weighted by Crippen LogP contribution is 2.17. The Morgan fingerprint density at radius 1 is 1.05 bits per heavy atom. The minimum atomic E-state index is 0.716. The van der Waals surface area contributed by atoms with Gasteiger partial charge in [0.05, 0.1) is 0 Å². The van der Waals surface area contributed by atoms with Gasteiger partial charge in [0, 0.05) is 12.6 Å². The summed E-state index contributed by atoms with van der Waals surface area (Å²) in [6.45, 7) is 3.90. The number of hydrogen-bond donors (Lipinski definition) is 1. The third kappa shape index (κ3) is 5.23. The van der Waals surface area contributed by atoms with Gasteiger partial charge in [-0.25, -0.2) is 0 Å². The summed E-state index contributed by atoms with van der Waals surface area (Å²) in [5.41, 5.74) is 1.36. The Balaban J connectivity index is 1.62. The molecule has 0 aliphatic heterocycles. The van der Waals surface area contributed by atoms with Gasteiger partial charge in [0.15, 0.2) is 0 Å². The first-order valence-corrected chi connectivity index (χ1v) is 7.83. The van der Waals surface area contributed by atoms with Crippen LogP contribution in [0.15, 0.2) is 24.3 Å². The van der Waals surface area contributed by atoms with Crippen molar-refractivity contribution in [1.29, 1.82) is 0 Å². The van der Waals surface area contributed by atoms with Crippen LogP contribution in [-0.4, -0.2) is 19.2 Å². The van der Waals surface area contributed by atoms with E-state index < -0.39 is 0 Å². The molecule has 0 atom stereocenters. The molecule has 0 aromatic heterocycles. The fourth-order valence-corrected chi connectivity index (χ4v) is 2.74. The highest BCUT2D eigenvalue weighted by atomic mass is 16.5. The molecule has 1 N–H and O–H groups in total. The molecule has 106 valence electrons. The topological polar surface area (TPSA) is 21.3 Å². The lowest BCUT2D eigenvalue weighted by atomic mass is 10.1. The predicted octanol–water partition coefficient (Wildman–Crippen LogP) is 3.94. The summed E-state index contributed by atoms with van der Waals surface area (Å²) >= 11 is 0. The predicted molar refractivity (Wildman–Crippen MR) is 80.8 cm³/mol. The summed E-state index contributed by atoms with van der Waals surface area (Å²) in [6.07, 6.45) is 9.37. The Kier molecular flexibility index (Phi) is 6.22. The summed E-state index contributed by atoms with van der Waals surface area (Å²) in [6, 6.07) is 9.16. The van der Waals surface area contributed by atoms with Gasteiger partial charge in [-0.3, -0.25) is 0 Å². The second-order valence-electron chi connectivity index (χ2n) is 5.49. The summed E-state index contributed by atoms with van der Waals surface area (Å²) in [7, 11) is 0. The molecule has 2 heteroatoms. The number of aryl methyl sites for hydroxylation is 1. The maximum atomic E-state index is 5.77. The van der Waals surface area contributed by atoms with Crippen LogP contribution < -0.4 is 10.1 Å². The third-order valence-corrected chi connectivity index (χ3v) is 3.99. The molecule has 0 spiro atoms. The molecule has 1 saturated carbocycles. The number of rotatable bonds is 6. The number of ether oxygens (including phenoxy) is 1. The van der Waals surface area contributed by atoms with Crippen LogP contribution in [0.4, 0.5) is 0 Å². The van der Waals surface area contributed by atoms with E-state index in [0.29, 0.717) is 6.04 Å². The van der Waals surface area contributed by atoms with E-state index in [9.17, 15) is 0 Å². The second-order valence-corrected chi connectivity index (χ2v) is 5.49. The molecular weight excluding hydrogens is 234 g/mol. The quantitative estimate of drug-likeness (QED) is 0.618. The molecule has 1 aliphatic rings. The van der Waals surface area contributed by atoms with Crippen molar-refractivity contribution in [2.75, 3.05) is 13.2 Å². The molecule has 0 amide bonds. The Morgan fingerprint density at radius 2 is 1.74 bits per heavy atom. The van der Waals surface area contributed by atoms with Gasteiger partial charge < -0.3 is 10.1 Å². The van der Waals surface area contributed by atoms with Gasteiger partial charge in [0.25, 0.3) is 0 Å². The Morgan fingerprint density at radius 3 is 2.37 bits per heavy atom. The lowest BCUT2D eigenvalue weighted by Gasteiger charge is -2.16. The second kappa shape index (κ2) is 8.21. The van der Waals surface area contributed by atoms with E-state index in [1.807, 2.05) is 0 Å². The molecule has 19 heavy (non-hydrogen) atoms. The van der Waals surface area contributed by atoms with Crippen molar-refractivity contribution < 1.29 is 4.74 Å². The van der Waals surface area contributed by atoms with Crippen molar-refractivity contribution in [2.24, 2.45) is 0 Å². The van der Waals surface area contributed by atoms with Gasteiger partial charge in [-0.15, -0.1) is 0 Å². The molecule has 0 radical (unpaired) electrons. The van der Waals surface area contributed by atoms with E-state index in [4.69, 9.17) is 4.74 Å². The Labute approximate surface area is 117 Å². The minimum Gasteiger partial charge on any atom is -0.492 e. The zero-order valence-electron chi connectivity index (χ0n) is 12.2. The fraction of sp³-hybridized carbons (Fsp3) is 0.647. The number of benzene rings is 1. The summed E-state index contributed by atoms with van der Waals surface area (Å²) < 4.78 is 5.77. The fourth-order valence-electron chi connectivity index (χ4n) is 2.74. The molecule has 1 aliphatic carbocycles. The maximum absolute atomic E-state index is 5.77. The van der Waals surface area contributed by atoms with Gasteiger partial charge in [-0.2, -0.15) is 0 Å². The number of hydrogen-bond acceptors (Lipinski definition) is 2. The van der Waals surface area contributed by atoms with E-state index in [0.717, 1.165) is 25.3 Å². The summed E-state index contributed by atoms with van der Waals surface area (Å²) in [5.74, 6) is 0.986. The normalized spacial score (nSPS) is 17.1. The van der Waals surface area contributed by atoms with Crippen molar-refractivity contribution in [2.45, 2.75) is 57.9 Å². The van der Waals surface area contributed by atoms with Gasteiger partial charge in [-0.05, 0) is 37.0 Å². The van der Waals surface area contributed by atoms with Crippen molar-refractivity contribution >= 4 is 0 Å². The van der Waals surface area contributed by atoms with Crippen molar-refractivity contribution in [3.8, 4) is 5.75 Å². The zero-order valence-corrected chi connectivity index (χ0v) is 12.2. The molecule has 1 fully saturated rings. The Hall–Kier alpha value is -1.02. The van der Waals surface area contributed by atoms with E-state index in [-0.39, 0.29) is 0 Å². The van der Waals surface area contributed by atoms with Crippen LogP contribution in [0, 0.1) is 0 Å². The van der Waals surface area contributed by atoms with Crippen LogP contribution in [0.2, 0.25) is 0 Å². The lowest BCUT2D eigenvalue weighted by molar-refractivity contribution is 0.300. The molecule has 1 aromatic carbocycles. The third-order valence-electron chi connectivity index (χ3n) is 3.99. The molecular formula is C17H27NO. The molecule has 0 unspecified atom stereocenters. The van der Waals surface area contributed by atoms with Gasteiger partial charge in [0.2, 0.25) is 0 Å². The first-order valence-electron chi connectivity index (χ1n) is 7.83. The average molecular weight is 261 g/mol. The lowest BCUT2D eigenvalue weighted by Crippen LogP contribution is -2.32. The van der Waals surface area contributed by atoms with Crippen LogP contribution in [0.3, 0.4) is 0 Å². The highest BCUT2D eigenvalue weighted by molar-refractivity contribution is 5.27. The van der Waals surface area contributed by atoms with Crippen molar-refractivity contribution in [1.82, 2.24) is 5.32 Å². The molecule has 0 heterocycles. The number of nitrogens with one attached hydrogen (secondary N) is 1. The van der Waals surface area contributed by atoms with E-state index in [1.54, 1.807) is 0 Å². The van der Waals surface area contributed by atoms with Crippen molar-refractivity contribution in [3.63, 3.8) is 0 Å². The van der Waals surface area contributed by atoms with E-state index in [1.165, 1.54) is 44.1 Å². The van der Waals surface area contributed by atoms with Crippen LogP contribution in [0.25, 0.3) is 0 Å². The van der Waals surface area contributed by atoms with Crippen LogP contribution in [-0.2, 0) is 6.42 Å². The standard InChI is InChI=1S/C17H27NO/c1-2-15-9-11-17(12-10-15)19-14-13-18-16-7-5-3-4-6-8-16/h9-12,16,18H,2-8,13-14H2,1H3. The Bertz CT molecular complexity index is 339. The van der Waals surface area contributed by atoms with E-state index in [2.05, 4.69) is 36.5 Å². The molecule has 2 nitrogen and oxygen atoms in total. The smallest absolute Gasteiger partial charge is 0.119 e. The minimum absolute atomic E-state index is 0.716.